The van der Waals surface area contributed by atoms with E-state index in [4.69, 9.17) is 21.1 Å². The number of para-hydroxylation sites is 1. The number of carbonyl (C=O) groups is 3. The molecule has 1 aromatic rings. The molecule has 1 spiro atoms. The minimum Gasteiger partial charge on any atom is -0.465 e. The normalized spacial score (nSPS) is 31.9. The first kappa shape index (κ1) is 26.9. The minimum atomic E-state index is -1.30. The highest BCUT2D eigenvalue weighted by Crippen LogP contribution is 2.53. The number of fused-ring (bicyclic) bond motifs is 2. The number of benzene rings is 1. The van der Waals surface area contributed by atoms with E-state index in [1.807, 2.05) is 43.4 Å². The molecule has 0 saturated carbocycles. The van der Waals surface area contributed by atoms with Gasteiger partial charge in [0.1, 0.15) is 17.6 Å². The average molecular weight is 543 g/mol. The molecule has 5 rings (SSSR count). The number of hydrogen-bond donors (Lipinski definition) is 1. The Kier molecular flexibility index (Phi) is 7.93. The Hall–Kier alpha value is -2.68. The van der Waals surface area contributed by atoms with E-state index >= 15 is 0 Å². The highest BCUT2D eigenvalue weighted by molar-refractivity contribution is 6.34. The lowest BCUT2D eigenvalue weighted by Crippen LogP contribution is -2.55. The van der Waals surface area contributed by atoms with Crippen LogP contribution in [-0.4, -0.2) is 71.8 Å². The number of aliphatic hydroxyl groups is 1. The van der Waals surface area contributed by atoms with Gasteiger partial charge < -0.3 is 24.4 Å². The maximum Gasteiger partial charge on any atom is 0.312 e. The van der Waals surface area contributed by atoms with Crippen LogP contribution in [0.2, 0.25) is 5.02 Å². The fourth-order valence-electron chi connectivity index (χ4n) is 6.39. The van der Waals surface area contributed by atoms with E-state index in [9.17, 15) is 19.5 Å². The molecule has 1 unspecified atom stereocenters. The molecule has 204 valence electrons. The molecule has 38 heavy (non-hydrogen) atoms. The number of cyclic esters (lactones) is 1. The van der Waals surface area contributed by atoms with E-state index in [-0.39, 0.29) is 25.0 Å². The predicted octanol–water partition coefficient (Wildman–Crippen LogP) is 3.58. The van der Waals surface area contributed by atoms with Crippen molar-refractivity contribution in [3.05, 3.63) is 53.1 Å². The second kappa shape index (κ2) is 11.2. The van der Waals surface area contributed by atoms with Crippen LogP contribution >= 0.6 is 11.6 Å². The lowest BCUT2D eigenvalue weighted by atomic mass is 9.78. The zero-order valence-electron chi connectivity index (χ0n) is 21.7. The van der Waals surface area contributed by atoms with Crippen LogP contribution in [0, 0.1) is 18.8 Å². The van der Waals surface area contributed by atoms with E-state index in [1.165, 1.54) is 0 Å². The molecule has 2 fully saturated rings. The SMILES string of the molecule is Cc1cccc(Cl)c1N1CC=C[C@]23O[C@@H]4/C=C\CCCCOC(=O)[C@@H]4[C@H]2C(=O)N(CCCCCO)C3C1=O. The number of allylic oxidation sites excluding steroid dienone is 1. The van der Waals surface area contributed by atoms with Gasteiger partial charge in [-0.25, -0.2) is 0 Å². The standard InChI is InChI=1S/C29H35ClN2O6/c1-19-11-9-12-20(30)24(19)31-16-10-14-29-23(22-21(38-29)13-5-2-3-8-18-37-28(22)36)26(34)32(25(29)27(31)35)15-6-4-7-17-33/h5,9-14,21-23,25,33H,2-4,6-8,15-18H2,1H3/b13-5-/t21-,22+,23+,25?,29+/m1/s1. The van der Waals surface area contributed by atoms with Gasteiger partial charge in [-0.05, 0) is 57.1 Å². The number of aliphatic hydroxyl groups excluding tert-OH is 1. The molecule has 4 aliphatic heterocycles. The smallest absolute Gasteiger partial charge is 0.312 e. The van der Waals surface area contributed by atoms with Gasteiger partial charge in [-0.2, -0.15) is 0 Å². The number of ether oxygens (including phenoxy) is 2. The number of rotatable bonds is 6. The summed E-state index contributed by atoms with van der Waals surface area (Å²) in [5, 5.41) is 9.68. The van der Waals surface area contributed by atoms with Crippen LogP contribution in [0.4, 0.5) is 5.69 Å². The van der Waals surface area contributed by atoms with E-state index in [1.54, 1.807) is 15.9 Å². The van der Waals surface area contributed by atoms with Crippen molar-refractivity contribution in [3.63, 3.8) is 0 Å². The third-order valence-corrected chi connectivity index (χ3v) is 8.42. The number of unbranched alkanes of at least 4 members (excludes halogenated alkanes) is 2. The van der Waals surface area contributed by atoms with E-state index in [0.29, 0.717) is 43.1 Å². The number of halogens is 1. The number of amides is 2. The van der Waals surface area contributed by atoms with Crippen LogP contribution in [0.15, 0.2) is 42.5 Å². The van der Waals surface area contributed by atoms with Crippen molar-refractivity contribution in [2.75, 3.05) is 31.2 Å². The summed E-state index contributed by atoms with van der Waals surface area (Å²) in [4.78, 5) is 45.1. The Bertz CT molecular complexity index is 1130. The first-order valence-corrected chi connectivity index (χ1v) is 13.9. The fraction of sp³-hybridized carbons (Fsp3) is 0.552. The molecule has 0 bridgehead atoms. The summed E-state index contributed by atoms with van der Waals surface area (Å²) in [5.74, 6) is -2.73. The lowest BCUT2D eigenvalue weighted by molar-refractivity contribution is -0.154. The fourth-order valence-corrected chi connectivity index (χ4v) is 6.72. The summed E-state index contributed by atoms with van der Waals surface area (Å²) < 4.78 is 12.3. The largest absolute Gasteiger partial charge is 0.465 e. The first-order chi connectivity index (χ1) is 18.4. The zero-order chi connectivity index (χ0) is 26.9. The van der Waals surface area contributed by atoms with Gasteiger partial charge in [-0.1, -0.05) is 48.0 Å². The van der Waals surface area contributed by atoms with Crippen molar-refractivity contribution < 1.29 is 29.0 Å². The summed E-state index contributed by atoms with van der Waals surface area (Å²) >= 11 is 6.58. The molecule has 2 amide bonds. The average Bonchev–Trinajstić information content (AvgIpc) is 3.27. The first-order valence-electron chi connectivity index (χ1n) is 13.6. The Morgan fingerprint density at radius 2 is 1.95 bits per heavy atom. The van der Waals surface area contributed by atoms with Gasteiger partial charge in [0.25, 0.3) is 5.91 Å². The monoisotopic (exact) mass is 542 g/mol. The molecular formula is C29H35ClN2O6. The Morgan fingerprint density at radius 1 is 1.11 bits per heavy atom. The molecule has 4 heterocycles. The maximum atomic E-state index is 14.4. The van der Waals surface area contributed by atoms with Crippen molar-refractivity contribution in [2.24, 2.45) is 11.8 Å². The molecule has 4 aliphatic rings. The van der Waals surface area contributed by atoms with Gasteiger partial charge in [0.2, 0.25) is 5.91 Å². The molecule has 1 aromatic carbocycles. The summed E-state index contributed by atoms with van der Waals surface area (Å²) in [6.07, 6.45) is 11.3. The van der Waals surface area contributed by atoms with Crippen molar-refractivity contribution in [1.29, 1.82) is 0 Å². The molecular weight excluding hydrogens is 508 g/mol. The van der Waals surface area contributed by atoms with Crippen LogP contribution in [0.25, 0.3) is 0 Å². The molecule has 0 radical (unpaired) electrons. The lowest BCUT2D eigenvalue weighted by Gasteiger charge is -2.36. The van der Waals surface area contributed by atoms with E-state index < -0.39 is 35.6 Å². The van der Waals surface area contributed by atoms with Gasteiger partial charge in [0.05, 0.1) is 29.3 Å². The summed E-state index contributed by atoms with van der Waals surface area (Å²) in [5.41, 5.74) is 0.147. The number of esters is 1. The maximum absolute atomic E-state index is 14.4. The molecule has 9 heteroatoms. The topological polar surface area (TPSA) is 96.4 Å². The highest BCUT2D eigenvalue weighted by Gasteiger charge is 2.71. The Balaban J connectivity index is 1.59. The highest BCUT2D eigenvalue weighted by atomic mass is 35.5. The Morgan fingerprint density at radius 3 is 2.74 bits per heavy atom. The summed E-state index contributed by atoms with van der Waals surface area (Å²) in [6, 6.07) is 4.52. The van der Waals surface area contributed by atoms with Crippen LogP contribution < -0.4 is 4.90 Å². The van der Waals surface area contributed by atoms with Crippen LogP contribution in [0.5, 0.6) is 0 Å². The second-order valence-corrected chi connectivity index (χ2v) is 10.9. The molecule has 8 nitrogen and oxygen atoms in total. The van der Waals surface area contributed by atoms with Crippen molar-refractivity contribution >= 4 is 35.1 Å². The minimum absolute atomic E-state index is 0.0657. The molecule has 1 N–H and O–H groups in total. The van der Waals surface area contributed by atoms with Gasteiger partial charge in [-0.3, -0.25) is 14.4 Å². The van der Waals surface area contributed by atoms with Gasteiger partial charge in [-0.15, -0.1) is 0 Å². The number of nitrogens with zero attached hydrogens (tertiary/aromatic N) is 2. The Labute approximate surface area is 228 Å². The number of likely N-dealkylation sites (tertiary alicyclic amines) is 1. The van der Waals surface area contributed by atoms with Crippen LogP contribution in [0.1, 0.15) is 44.1 Å². The van der Waals surface area contributed by atoms with Gasteiger partial charge >= 0.3 is 5.97 Å². The molecule has 5 atom stereocenters. The number of hydrogen-bond acceptors (Lipinski definition) is 6. The summed E-state index contributed by atoms with van der Waals surface area (Å²) in [7, 11) is 0. The van der Waals surface area contributed by atoms with Crippen LogP contribution in [-0.2, 0) is 23.9 Å². The molecule has 2 saturated heterocycles. The quantitative estimate of drug-likeness (QED) is 0.335. The van der Waals surface area contributed by atoms with Gasteiger partial charge in [0.15, 0.2) is 0 Å². The number of aryl methyl sites for hydroxylation is 1. The summed E-state index contributed by atoms with van der Waals surface area (Å²) in [6.45, 7) is 2.85. The van der Waals surface area contributed by atoms with Crippen molar-refractivity contribution in [2.45, 2.75) is 63.2 Å². The van der Waals surface area contributed by atoms with Crippen molar-refractivity contribution in [3.8, 4) is 0 Å². The van der Waals surface area contributed by atoms with E-state index in [0.717, 1.165) is 24.8 Å². The molecule has 0 aliphatic carbocycles. The van der Waals surface area contributed by atoms with Gasteiger partial charge in [0, 0.05) is 19.7 Å². The van der Waals surface area contributed by atoms with E-state index in [2.05, 4.69) is 0 Å². The number of anilines is 1. The third-order valence-electron chi connectivity index (χ3n) is 8.12. The van der Waals surface area contributed by atoms with Crippen molar-refractivity contribution in [1.82, 2.24) is 4.90 Å². The zero-order valence-corrected chi connectivity index (χ0v) is 22.4. The number of carbonyl (C=O) groups excluding carboxylic acids is 3. The van der Waals surface area contributed by atoms with Crippen LogP contribution in [0.3, 0.4) is 0 Å². The molecule has 0 aromatic heterocycles. The third kappa shape index (κ3) is 4.56. The second-order valence-electron chi connectivity index (χ2n) is 10.5. The predicted molar refractivity (Wildman–Crippen MR) is 143 cm³/mol.